The van der Waals surface area contributed by atoms with Gasteiger partial charge in [0.05, 0.1) is 13.0 Å². The van der Waals surface area contributed by atoms with Crippen molar-refractivity contribution >= 4 is 17.8 Å². The molecule has 0 fully saturated rings. The van der Waals surface area contributed by atoms with E-state index in [1.807, 2.05) is 73.7 Å². The van der Waals surface area contributed by atoms with Crippen LogP contribution in [-0.2, 0) is 9.53 Å². The number of carbonyl (C=O) groups is 2. The van der Waals surface area contributed by atoms with Gasteiger partial charge < -0.3 is 9.47 Å². The van der Waals surface area contributed by atoms with Crippen molar-refractivity contribution < 1.29 is 19.1 Å². The maximum absolute atomic E-state index is 13.2. The molecule has 0 N–H and O–H groups in total. The van der Waals surface area contributed by atoms with Gasteiger partial charge in [0.15, 0.2) is 5.78 Å². The Hall–Kier alpha value is -3.66. The molecule has 0 radical (unpaired) electrons. The summed E-state index contributed by atoms with van der Waals surface area (Å²) in [5.74, 6) is -0.578. The van der Waals surface area contributed by atoms with Crippen LogP contribution in [0, 0.1) is 6.92 Å². The lowest BCUT2D eigenvalue weighted by atomic mass is 9.88. The average molecular weight is 400 g/mol. The van der Waals surface area contributed by atoms with Crippen LogP contribution in [0.15, 0.2) is 84.9 Å². The highest BCUT2D eigenvalue weighted by atomic mass is 16.5. The van der Waals surface area contributed by atoms with Gasteiger partial charge in [0.25, 0.3) is 0 Å². The molecule has 0 bridgehead atoms. The number of hydrogen-bond donors (Lipinski definition) is 0. The van der Waals surface area contributed by atoms with Gasteiger partial charge in [0.1, 0.15) is 12.4 Å². The maximum Gasteiger partial charge on any atom is 0.330 e. The first-order valence-electron chi connectivity index (χ1n) is 9.72. The quantitative estimate of drug-likeness (QED) is 0.295. The van der Waals surface area contributed by atoms with E-state index in [0.717, 1.165) is 16.7 Å². The van der Waals surface area contributed by atoms with Crippen molar-refractivity contribution in [3.05, 3.63) is 107 Å². The minimum Gasteiger partial charge on any atom is -0.497 e. The molecule has 4 nitrogen and oxygen atoms in total. The molecule has 152 valence electrons. The van der Waals surface area contributed by atoms with Crippen molar-refractivity contribution in [2.75, 3.05) is 13.7 Å². The van der Waals surface area contributed by atoms with Crippen LogP contribution >= 0.6 is 0 Å². The van der Waals surface area contributed by atoms with E-state index in [2.05, 4.69) is 0 Å². The molecule has 0 aliphatic heterocycles. The van der Waals surface area contributed by atoms with Crippen LogP contribution in [0.25, 0.3) is 6.08 Å². The highest BCUT2D eigenvalue weighted by Crippen LogP contribution is 2.28. The van der Waals surface area contributed by atoms with Crippen LogP contribution in [-0.4, -0.2) is 25.5 Å². The zero-order chi connectivity index (χ0) is 21.3. The van der Waals surface area contributed by atoms with Crippen molar-refractivity contribution in [1.29, 1.82) is 0 Å². The third kappa shape index (κ3) is 5.45. The highest BCUT2D eigenvalue weighted by molar-refractivity contribution is 6.01. The van der Waals surface area contributed by atoms with Crippen molar-refractivity contribution in [1.82, 2.24) is 0 Å². The van der Waals surface area contributed by atoms with Crippen LogP contribution in [0.5, 0.6) is 5.75 Å². The number of Topliss-reactive ketones (excluding diaryl/α,β-unsaturated/α-hetero) is 1. The first-order valence-corrected chi connectivity index (χ1v) is 9.72. The molecule has 0 heterocycles. The summed E-state index contributed by atoms with van der Waals surface area (Å²) in [5, 5.41) is 0. The van der Waals surface area contributed by atoms with Crippen LogP contribution in [0.3, 0.4) is 0 Å². The third-order valence-corrected chi connectivity index (χ3v) is 4.84. The van der Waals surface area contributed by atoms with E-state index in [4.69, 9.17) is 9.47 Å². The number of aryl methyl sites for hydroxylation is 1. The second kappa shape index (κ2) is 10.2. The Morgan fingerprint density at radius 1 is 0.933 bits per heavy atom. The molecule has 0 amide bonds. The molecule has 3 aromatic carbocycles. The molecular weight excluding hydrogens is 376 g/mol. The van der Waals surface area contributed by atoms with Crippen molar-refractivity contribution in [2.24, 2.45) is 0 Å². The Morgan fingerprint density at radius 3 is 2.27 bits per heavy atom. The number of hydrogen-bond acceptors (Lipinski definition) is 4. The zero-order valence-electron chi connectivity index (χ0n) is 17.1. The molecule has 1 unspecified atom stereocenters. The van der Waals surface area contributed by atoms with E-state index in [0.29, 0.717) is 11.3 Å². The average Bonchev–Trinajstić information content (AvgIpc) is 2.80. The Morgan fingerprint density at radius 2 is 1.60 bits per heavy atom. The van der Waals surface area contributed by atoms with Gasteiger partial charge >= 0.3 is 5.97 Å². The number of ether oxygens (including phenoxy) is 2. The van der Waals surface area contributed by atoms with E-state index in [1.54, 1.807) is 25.3 Å². The molecule has 3 rings (SSSR count). The molecule has 0 saturated carbocycles. The monoisotopic (exact) mass is 400 g/mol. The minimum absolute atomic E-state index is 0.0559. The van der Waals surface area contributed by atoms with E-state index in [-0.39, 0.29) is 12.4 Å². The Bertz CT molecular complexity index is 1020. The number of ketones is 1. The molecule has 0 spiro atoms. The predicted molar refractivity (Wildman–Crippen MR) is 118 cm³/mol. The standard InChI is InChI=1S/C26H24O4/c1-19-13-15-22(29-2)17-23(19)24(26(28)21-11-7-4-8-12-21)18-30-25(27)16-14-20-9-5-3-6-10-20/h3-17,24H,18H2,1-2H3. The smallest absolute Gasteiger partial charge is 0.330 e. The fourth-order valence-electron chi connectivity index (χ4n) is 3.17. The van der Waals surface area contributed by atoms with Gasteiger partial charge in [0.2, 0.25) is 0 Å². The fourth-order valence-corrected chi connectivity index (χ4v) is 3.17. The summed E-state index contributed by atoms with van der Waals surface area (Å²) in [7, 11) is 1.58. The van der Waals surface area contributed by atoms with Gasteiger partial charge in [0, 0.05) is 11.6 Å². The van der Waals surface area contributed by atoms with Crippen LogP contribution in [0.1, 0.15) is 33.0 Å². The lowest BCUT2D eigenvalue weighted by molar-refractivity contribution is -0.137. The van der Waals surface area contributed by atoms with E-state index in [9.17, 15) is 9.59 Å². The van der Waals surface area contributed by atoms with Crippen LogP contribution in [0.2, 0.25) is 0 Å². The molecular formula is C26H24O4. The van der Waals surface area contributed by atoms with Gasteiger partial charge in [-0.05, 0) is 41.8 Å². The summed E-state index contributed by atoms with van der Waals surface area (Å²) in [5.41, 5.74) is 3.18. The molecule has 1 atom stereocenters. The summed E-state index contributed by atoms with van der Waals surface area (Å²) in [6, 6.07) is 24.1. The van der Waals surface area contributed by atoms with Crippen molar-refractivity contribution in [3.8, 4) is 5.75 Å². The minimum atomic E-state index is -0.628. The second-order valence-electron chi connectivity index (χ2n) is 6.88. The number of esters is 1. The maximum atomic E-state index is 13.2. The SMILES string of the molecule is COc1ccc(C)c(C(COC(=O)C=Cc2ccccc2)C(=O)c2ccccc2)c1. The van der Waals surface area contributed by atoms with E-state index in [1.165, 1.54) is 6.08 Å². The van der Waals surface area contributed by atoms with E-state index >= 15 is 0 Å². The Balaban J connectivity index is 1.82. The summed E-state index contributed by atoms with van der Waals surface area (Å²) in [4.78, 5) is 25.5. The van der Waals surface area contributed by atoms with Gasteiger partial charge in [-0.1, -0.05) is 66.7 Å². The molecule has 4 heteroatoms. The zero-order valence-corrected chi connectivity index (χ0v) is 17.1. The first-order chi connectivity index (χ1) is 14.6. The number of benzene rings is 3. The Labute approximate surface area is 176 Å². The number of carbonyl (C=O) groups excluding carboxylic acids is 2. The van der Waals surface area contributed by atoms with Gasteiger partial charge in [-0.15, -0.1) is 0 Å². The predicted octanol–water partition coefficient (Wildman–Crippen LogP) is 5.23. The number of rotatable bonds is 8. The van der Waals surface area contributed by atoms with Crippen LogP contribution in [0.4, 0.5) is 0 Å². The molecule has 0 aliphatic carbocycles. The summed E-state index contributed by atoms with van der Waals surface area (Å²) < 4.78 is 10.8. The van der Waals surface area contributed by atoms with Crippen LogP contribution < -0.4 is 4.74 Å². The van der Waals surface area contributed by atoms with Gasteiger partial charge in [-0.25, -0.2) is 4.79 Å². The normalized spacial score (nSPS) is 11.8. The van der Waals surface area contributed by atoms with Gasteiger partial charge in [-0.2, -0.15) is 0 Å². The lowest BCUT2D eigenvalue weighted by Crippen LogP contribution is -2.21. The summed E-state index contributed by atoms with van der Waals surface area (Å²) in [6.07, 6.45) is 3.06. The molecule has 0 saturated heterocycles. The van der Waals surface area contributed by atoms with Gasteiger partial charge in [-0.3, -0.25) is 4.79 Å². The van der Waals surface area contributed by atoms with Crippen molar-refractivity contribution in [2.45, 2.75) is 12.8 Å². The molecule has 30 heavy (non-hydrogen) atoms. The Kier molecular flexibility index (Phi) is 7.17. The summed E-state index contributed by atoms with van der Waals surface area (Å²) >= 11 is 0. The molecule has 0 aliphatic rings. The molecule has 3 aromatic rings. The number of methoxy groups -OCH3 is 1. The largest absolute Gasteiger partial charge is 0.497 e. The van der Waals surface area contributed by atoms with E-state index < -0.39 is 11.9 Å². The lowest BCUT2D eigenvalue weighted by Gasteiger charge is -2.19. The highest BCUT2D eigenvalue weighted by Gasteiger charge is 2.25. The van der Waals surface area contributed by atoms with Crippen molar-refractivity contribution in [3.63, 3.8) is 0 Å². The molecule has 0 aromatic heterocycles. The topological polar surface area (TPSA) is 52.6 Å². The second-order valence-corrected chi connectivity index (χ2v) is 6.88. The third-order valence-electron chi connectivity index (χ3n) is 4.84. The first kappa shape index (κ1) is 21.1. The fraction of sp³-hybridized carbons (Fsp3) is 0.154. The summed E-state index contributed by atoms with van der Waals surface area (Å²) in [6.45, 7) is 1.87.